The summed E-state index contributed by atoms with van der Waals surface area (Å²) in [6.45, 7) is -0.668. The van der Waals surface area contributed by atoms with Crippen molar-refractivity contribution in [3.63, 3.8) is 0 Å². The summed E-state index contributed by atoms with van der Waals surface area (Å²) in [5, 5.41) is 21.9. The second-order valence-corrected chi connectivity index (χ2v) is 4.01. The van der Waals surface area contributed by atoms with Crippen LogP contribution in [0.5, 0.6) is 0 Å². The first-order valence-electron chi connectivity index (χ1n) is 4.70. The van der Waals surface area contributed by atoms with Gasteiger partial charge in [0.05, 0.1) is 12.3 Å². The number of halogens is 1. The third-order valence-electron chi connectivity index (χ3n) is 1.91. The number of aliphatic carboxylic acids is 1. The molecule has 0 bridgehead atoms. The Hall–Kier alpha value is -1.60. The summed E-state index contributed by atoms with van der Waals surface area (Å²) in [6.07, 6.45) is 0. The number of para-hydroxylation sites is 1. The van der Waals surface area contributed by atoms with Crippen molar-refractivity contribution in [3.05, 3.63) is 28.7 Å². The number of carbonyl (C=O) groups is 2. The Kier molecular flexibility index (Phi) is 4.92. The molecule has 1 atom stereocenters. The van der Waals surface area contributed by atoms with Gasteiger partial charge in [0.2, 0.25) is 0 Å². The lowest BCUT2D eigenvalue weighted by Gasteiger charge is -2.13. The summed E-state index contributed by atoms with van der Waals surface area (Å²) >= 11 is 3.23. The van der Waals surface area contributed by atoms with Crippen LogP contribution in [0.4, 0.5) is 10.5 Å². The molecule has 0 heterocycles. The lowest BCUT2D eigenvalue weighted by Crippen LogP contribution is -2.45. The van der Waals surface area contributed by atoms with E-state index in [0.717, 1.165) is 0 Å². The molecule has 0 radical (unpaired) electrons. The topological polar surface area (TPSA) is 98.7 Å². The SMILES string of the molecule is O=C(Nc1ccccc1Br)N[C@@H](CO)C(=O)O. The molecule has 1 aromatic carbocycles. The van der Waals surface area contributed by atoms with Gasteiger partial charge in [-0.15, -0.1) is 0 Å². The molecule has 0 saturated carbocycles. The number of anilines is 1. The molecule has 0 spiro atoms. The highest BCUT2D eigenvalue weighted by Gasteiger charge is 2.18. The predicted molar refractivity (Wildman–Crippen MR) is 64.8 cm³/mol. The number of hydrogen-bond acceptors (Lipinski definition) is 3. The molecule has 0 aliphatic heterocycles. The monoisotopic (exact) mass is 302 g/mol. The van der Waals surface area contributed by atoms with E-state index in [-0.39, 0.29) is 0 Å². The number of amides is 2. The number of carbonyl (C=O) groups excluding carboxylic acids is 1. The van der Waals surface area contributed by atoms with E-state index in [2.05, 4.69) is 26.6 Å². The Bertz CT molecular complexity index is 425. The first-order chi connectivity index (χ1) is 8.04. The van der Waals surface area contributed by atoms with Crippen LogP contribution in [0, 0.1) is 0 Å². The number of aliphatic hydroxyl groups is 1. The van der Waals surface area contributed by atoms with Crippen LogP contribution in [-0.4, -0.2) is 34.9 Å². The van der Waals surface area contributed by atoms with Gasteiger partial charge < -0.3 is 20.8 Å². The van der Waals surface area contributed by atoms with E-state index in [9.17, 15) is 9.59 Å². The minimum absolute atomic E-state index is 0.507. The number of hydrogen-bond donors (Lipinski definition) is 4. The van der Waals surface area contributed by atoms with Crippen LogP contribution < -0.4 is 10.6 Å². The predicted octanol–water partition coefficient (Wildman–Crippen LogP) is 1.02. The van der Waals surface area contributed by atoms with Crippen LogP contribution in [0.25, 0.3) is 0 Å². The molecule has 0 fully saturated rings. The maximum atomic E-state index is 11.4. The van der Waals surface area contributed by atoms with E-state index < -0.39 is 24.6 Å². The van der Waals surface area contributed by atoms with Gasteiger partial charge in [0, 0.05) is 4.47 Å². The van der Waals surface area contributed by atoms with Crippen molar-refractivity contribution < 1.29 is 19.8 Å². The van der Waals surface area contributed by atoms with Gasteiger partial charge in [-0.1, -0.05) is 12.1 Å². The minimum Gasteiger partial charge on any atom is -0.480 e. The number of carboxylic acids is 1. The van der Waals surface area contributed by atoms with Crippen LogP contribution in [0.3, 0.4) is 0 Å². The summed E-state index contributed by atoms with van der Waals surface area (Å²) in [7, 11) is 0. The fourth-order valence-corrected chi connectivity index (χ4v) is 1.45. The summed E-state index contributed by atoms with van der Waals surface area (Å²) in [5.41, 5.74) is 0.507. The summed E-state index contributed by atoms with van der Waals surface area (Å²) in [4.78, 5) is 22.0. The zero-order chi connectivity index (χ0) is 12.8. The van der Waals surface area contributed by atoms with Crippen molar-refractivity contribution in [1.82, 2.24) is 5.32 Å². The van der Waals surface area contributed by atoms with Gasteiger partial charge in [-0.2, -0.15) is 0 Å². The summed E-state index contributed by atoms with van der Waals surface area (Å²) in [5.74, 6) is -1.30. The number of rotatable bonds is 4. The van der Waals surface area contributed by atoms with Crippen LogP contribution in [0.1, 0.15) is 0 Å². The average molecular weight is 303 g/mol. The molecule has 1 rings (SSSR count). The molecule has 92 valence electrons. The van der Waals surface area contributed by atoms with Crippen LogP contribution >= 0.6 is 15.9 Å². The Labute approximate surface area is 106 Å². The zero-order valence-corrected chi connectivity index (χ0v) is 10.3. The maximum Gasteiger partial charge on any atom is 0.328 e. The number of nitrogens with one attached hydrogen (secondary N) is 2. The first-order valence-corrected chi connectivity index (χ1v) is 5.49. The molecule has 6 nitrogen and oxygen atoms in total. The van der Waals surface area contributed by atoms with Crippen molar-refractivity contribution in [3.8, 4) is 0 Å². The highest BCUT2D eigenvalue weighted by Crippen LogP contribution is 2.20. The average Bonchev–Trinajstić information content (AvgIpc) is 2.28. The van der Waals surface area contributed by atoms with Crippen molar-refractivity contribution >= 4 is 33.6 Å². The fraction of sp³-hybridized carbons (Fsp3) is 0.200. The fourth-order valence-electron chi connectivity index (χ4n) is 1.06. The van der Waals surface area contributed by atoms with Crippen LogP contribution in [-0.2, 0) is 4.79 Å². The largest absolute Gasteiger partial charge is 0.480 e. The Morgan fingerprint density at radius 3 is 2.53 bits per heavy atom. The molecule has 2 amide bonds. The maximum absolute atomic E-state index is 11.4. The zero-order valence-electron chi connectivity index (χ0n) is 8.68. The third kappa shape index (κ3) is 4.04. The van der Waals surface area contributed by atoms with E-state index in [1.54, 1.807) is 24.3 Å². The van der Waals surface area contributed by atoms with Gasteiger partial charge in [-0.25, -0.2) is 9.59 Å². The highest BCUT2D eigenvalue weighted by atomic mass is 79.9. The molecule has 17 heavy (non-hydrogen) atoms. The van der Waals surface area contributed by atoms with E-state index >= 15 is 0 Å². The summed E-state index contributed by atoms with van der Waals surface area (Å²) in [6, 6.07) is 4.87. The number of benzene rings is 1. The molecule has 1 aromatic rings. The lowest BCUT2D eigenvalue weighted by molar-refractivity contribution is -0.140. The van der Waals surface area contributed by atoms with E-state index in [1.807, 2.05) is 0 Å². The molecule has 4 N–H and O–H groups in total. The molecule has 0 saturated heterocycles. The molecular formula is C10H11BrN2O4. The van der Waals surface area contributed by atoms with Gasteiger partial charge in [-0.3, -0.25) is 0 Å². The van der Waals surface area contributed by atoms with Crippen molar-refractivity contribution in [2.45, 2.75) is 6.04 Å². The quantitative estimate of drug-likeness (QED) is 0.667. The van der Waals surface area contributed by atoms with E-state index in [4.69, 9.17) is 10.2 Å². The standard InChI is InChI=1S/C10H11BrN2O4/c11-6-3-1-2-4-7(6)12-10(17)13-8(5-14)9(15)16/h1-4,8,14H,5H2,(H,15,16)(H2,12,13,17)/t8-/m0/s1. The van der Waals surface area contributed by atoms with E-state index in [0.29, 0.717) is 10.2 Å². The van der Waals surface area contributed by atoms with Crippen LogP contribution in [0.15, 0.2) is 28.7 Å². The molecule has 0 aromatic heterocycles. The smallest absolute Gasteiger partial charge is 0.328 e. The van der Waals surface area contributed by atoms with Gasteiger partial charge >= 0.3 is 12.0 Å². The second-order valence-electron chi connectivity index (χ2n) is 3.15. The Balaban J connectivity index is 2.61. The normalized spacial score (nSPS) is 11.6. The number of urea groups is 1. The highest BCUT2D eigenvalue weighted by molar-refractivity contribution is 9.10. The molecule has 0 unspecified atom stereocenters. The van der Waals surface area contributed by atoms with Gasteiger partial charge in [-0.05, 0) is 28.1 Å². The van der Waals surface area contributed by atoms with Crippen molar-refractivity contribution in [2.75, 3.05) is 11.9 Å². The Morgan fingerprint density at radius 2 is 2.00 bits per heavy atom. The number of aliphatic hydroxyl groups excluding tert-OH is 1. The van der Waals surface area contributed by atoms with Gasteiger partial charge in [0.1, 0.15) is 0 Å². The lowest BCUT2D eigenvalue weighted by atomic mass is 10.3. The summed E-state index contributed by atoms with van der Waals surface area (Å²) < 4.78 is 0.672. The van der Waals surface area contributed by atoms with E-state index in [1.165, 1.54) is 0 Å². The first kappa shape index (κ1) is 13.5. The third-order valence-corrected chi connectivity index (χ3v) is 2.60. The molecule has 0 aliphatic rings. The van der Waals surface area contributed by atoms with Gasteiger partial charge in [0.15, 0.2) is 6.04 Å². The second kappa shape index (κ2) is 6.21. The minimum atomic E-state index is -1.32. The molecule has 0 aliphatic carbocycles. The molecular weight excluding hydrogens is 292 g/mol. The van der Waals surface area contributed by atoms with Crippen molar-refractivity contribution in [2.24, 2.45) is 0 Å². The Morgan fingerprint density at radius 1 is 1.35 bits per heavy atom. The number of carboxylic acid groups (broad SMARTS) is 1. The van der Waals surface area contributed by atoms with Crippen LogP contribution in [0.2, 0.25) is 0 Å². The van der Waals surface area contributed by atoms with Crippen molar-refractivity contribution in [1.29, 1.82) is 0 Å². The van der Waals surface area contributed by atoms with Gasteiger partial charge in [0.25, 0.3) is 0 Å². The molecule has 7 heteroatoms.